The first-order chi connectivity index (χ1) is 12.7. The predicted octanol–water partition coefficient (Wildman–Crippen LogP) is 5.37. The van der Waals surface area contributed by atoms with Gasteiger partial charge in [-0.1, -0.05) is 29.4 Å². The average Bonchev–Trinajstić information content (AvgIpc) is 3.07. The number of ether oxygens (including phenoxy) is 1. The molecule has 0 bridgehead atoms. The Morgan fingerprint density at radius 1 is 1.11 bits per heavy atom. The van der Waals surface area contributed by atoms with Crippen molar-refractivity contribution in [2.45, 2.75) is 36.6 Å². The maximum atomic E-state index is 12.9. The van der Waals surface area contributed by atoms with Crippen LogP contribution >= 0.6 is 10.3 Å². The predicted molar refractivity (Wildman–Crippen MR) is 101 cm³/mol. The molecule has 0 saturated carbocycles. The van der Waals surface area contributed by atoms with Crippen LogP contribution in [0.25, 0.3) is 10.8 Å². The van der Waals surface area contributed by atoms with Crippen LogP contribution in [0, 0.1) is 0 Å². The van der Waals surface area contributed by atoms with E-state index in [1.165, 1.54) is 0 Å². The van der Waals surface area contributed by atoms with E-state index >= 15 is 0 Å². The first kappa shape index (κ1) is 20.3. The Kier molecular flexibility index (Phi) is 5.65. The topological polar surface area (TPSA) is 52.6 Å². The average molecular weight is 422 g/mol. The Labute approximate surface area is 158 Å². The molecule has 0 amide bonds. The van der Waals surface area contributed by atoms with Crippen molar-refractivity contribution in [3.05, 3.63) is 36.4 Å². The summed E-state index contributed by atoms with van der Waals surface area (Å²) in [4.78, 5) is 0.548. The minimum absolute atomic E-state index is 0.301. The number of rotatable bonds is 6. The number of alkyl halides is 3. The van der Waals surface area contributed by atoms with Crippen molar-refractivity contribution >= 4 is 31.2 Å². The zero-order chi connectivity index (χ0) is 19.7. The largest absolute Gasteiger partial charge is 0.523 e. The molecule has 1 aliphatic rings. The van der Waals surface area contributed by atoms with E-state index < -0.39 is 25.9 Å². The highest BCUT2D eigenvalue weighted by Crippen LogP contribution is 2.64. The number of benzene rings is 2. The van der Waals surface area contributed by atoms with Crippen LogP contribution in [0.5, 0.6) is 5.75 Å². The molecule has 1 saturated heterocycles. The fraction of sp³-hybridized carbons (Fsp3) is 0.444. The lowest BCUT2D eigenvalue weighted by Crippen LogP contribution is -2.27. The van der Waals surface area contributed by atoms with Crippen LogP contribution < -0.4 is 4.74 Å². The molecule has 0 N–H and O–H groups in total. The van der Waals surface area contributed by atoms with Crippen molar-refractivity contribution in [1.29, 1.82) is 0 Å². The minimum atomic E-state index is -5.66. The van der Waals surface area contributed by atoms with E-state index in [-0.39, 0.29) is 0 Å². The van der Waals surface area contributed by atoms with E-state index in [9.17, 15) is 21.6 Å². The molecule has 0 radical (unpaired) electrons. The first-order valence-corrected chi connectivity index (χ1v) is 12.0. The summed E-state index contributed by atoms with van der Waals surface area (Å²) in [5.74, 6) is 1.27. The van der Waals surface area contributed by atoms with Gasteiger partial charge in [0.15, 0.2) is 0 Å². The molecule has 2 aromatic rings. The second-order valence-electron chi connectivity index (χ2n) is 6.38. The van der Waals surface area contributed by atoms with Gasteiger partial charge in [0.25, 0.3) is 0 Å². The van der Waals surface area contributed by atoms with Gasteiger partial charge >= 0.3 is 15.6 Å². The molecule has 27 heavy (non-hydrogen) atoms. The third kappa shape index (κ3) is 4.05. The Balaban J connectivity index is 2.07. The summed E-state index contributed by atoms with van der Waals surface area (Å²) in [5.41, 5.74) is -5.43. The smallest absolute Gasteiger partial charge is 0.494 e. The van der Waals surface area contributed by atoms with E-state index in [2.05, 4.69) is 0 Å². The maximum absolute atomic E-state index is 12.9. The van der Waals surface area contributed by atoms with Gasteiger partial charge in [-0.25, -0.2) is 3.63 Å². The summed E-state index contributed by atoms with van der Waals surface area (Å²) in [7, 11) is -8.25. The fourth-order valence-electron chi connectivity index (χ4n) is 3.17. The van der Waals surface area contributed by atoms with E-state index in [4.69, 9.17) is 8.37 Å². The van der Waals surface area contributed by atoms with Gasteiger partial charge in [-0.15, -0.1) is 0 Å². The molecule has 9 heteroatoms. The van der Waals surface area contributed by atoms with Crippen molar-refractivity contribution in [3.63, 3.8) is 0 Å². The zero-order valence-corrected chi connectivity index (χ0v) is 16.4. The summed E-state index contributed by atoms with van der Waals surface area (Å²) in [6, 6.07) is 10.6. The standard InChI is InChI=1S/C18H21F3O4S2/c1-2-10-24-15-8-9-16-14(13-15)6-5-7-17(16)26(11-3-4-12-26)25-27(22,23)18(19,20)21/h5-9,13H,2-4,10-12H2,1H3. The molecule has 1 fully saturated rings. The zero-order valence-electron chi connectivity index (χ0n) is 14.8. The normalized spacial score (nSPS) is 18.5. The number of halogens is 3. The Hall–Kier alpha value is -1.45. The third-order valence-electron chi connectivity index (χ3n) is 4.39. The quantitative estimate of drug-likeness (QED) is 0.588. The highest BCUT2D eigenvalue weighted by Gasteiger charge is 2.52. The van der Waals surface area contributed by atoms with E-state index in [0.717, 1.165) is 11.8 Å². The number of fused-ring (bicyclic) bond motifs is 1. The van der Waals surface area contributed by atoms with Gasteiger partial charge in [-0.3, -0.25) is 0 Å². The molecule has 2 aromatic carbocycles. The summed E-state index contributed by atoms with van der Waals surface area (Å²) in [6.45, 7) is 2.55. The Morgan fingerprint density at radius 3 is 2.44 bits per heavy atom. The van der Waals surface area contributed by atoms with Crippen LogP contribution in [-0.4, -0.2) is 32.0 Å². The molecule has 0 atom stereocenters. The van der Waals surface area contributed by atoms with Crippen molar-refractivity contribution in [1.82, 2.24) is 0 Å². The molecule has 1 heterocycles. The molecular formula is C18H21F3O4S2. The van der Waals surface area contributed by atoms with Gasteiger partial charge in [-0.05, 0) is 54.3 Å². The van der Waals surface area contributed by atoms with Crippen LogP contribution in [0.3, 0.4) is 0 Å². The number of hydrogen-bond donors (Lipinski definition) is 0. The monoisotopic (exact) mass is 422 g/mol. The fourth-order valence-corrected chi connectivity index (χ4v) is 8.59. The van der Waals surface area contributed by atoms with E-state index in [1.807, 2.05) is 19.1 Å². The van der Waals surface area contributed by atoms with Crippen molar-refractivity contribution < 1.29 is 30.0 Å². The van der Waals surface area contributed by atoms with Crippen LogP contribution in [0.1, 0.15) is 26.2 Å². The van der Waals surface area contributed by atoms with Gasteiger partial charge in [0.05, 0.1) is 6.61 Å². The maximum Gasteiger partial charge on any atom is 0.523 e. The molecule has 0 unspecified atom stereocenters. The highest BCUT2D eigenvalue weighted by atomic mass is 32.3. The Bertz CT molecular complexity index is 920. The van der Waals surface area contributed by atoms with Crippen LogP contribution in [0.15, 0.2) is 41.3 Å². The lowest BCUT2D eigenvalue weighted by Gasteiger charge is -2.35. The van der Waals surface area contributed by atoms with Crippen molar-refractivity contribution in [2.75, 3.05) is 18.1 Å². The van der Waals surface area contributed by atoms with Gasteiger partial charge in [0.2, 0.25) is 0 Å². The van der Waals surface area contributed by atoms with Crippen molar-refractivity contribution in [3.8, 4) is 5.75 Å². The van der Waals surface area contributed by atoms with E-state index in [0.29, 0.717) is 47.0 Å². The van der Waals surface area contributed by atoms with Gasteiger partial charge in [-0.2, -0.15) is 21.6 Å². The summed E-state index contributed by atoms with van der Waals surface area (Å²) >= 11 is 0. The summed E-state index contributed by atoms with van der Waals surface area (Å²) < 4.78 is 72.9. The molecule has 0 aromatic heterocycles. The first-order valence-electron chi connectivity index (χ1n) is 8.65. The van der Waals surface area contributed by atoms with Gasteiger partial charge in [0, 0.05) is 16.4 Å². The molecule has 3 rings (SSSR count). The van der Waals surface area contributed by atoms with Crippen LogP contribution in [0.4, 0.5) is 13.2 Å². The van der Waals surface area contributed by atoms with Crippen molar-refractivity contribution in [2.24, 2.45) is 0 Å². The third-order valence-corrected chi connectivity index (χ3v) is 9.77. The summed E-state index contributed by atoms with van der Waals surface area (Å²) in [6.07, 6.45) is 2.13. The second-order valence-corrected chi connectivity index (χ2v) is 11.2. The molecule has 1 aliphatic heterocycles. The van der Waals surface area contributed by atoms with E-state index in [1.54, 1.807) is 24.3 Å². The lowest BCUT2D eigenvalue weighted by atomic mass is 10.1. The SMILES string of the molecule is CCCOc1ccc2c(S3(OS(=O)(=O)C(F)(F)F)CCCC3)cccc2c1. The highest BCUT2D eigenvalue weighted by molar-refractivity contribution is 8.33. The van der Waals surface area contributed by atoms with Crippen LogP contribution in [-0.2, 0) is 13.7 Å². The van der Waals surface area contributed by atoms with Gasteiger partial charge in [0.1, 0.15) is 5.75 Å². The van der Waals surface area contributed by atoms with Gasteiger partial charge < -0.3 is 4.74 Å². The minimum Gasteiger partial charge on any atom is -0.494 e. The molecule has 0 spiro atoms. The lowest BCUT2D eigenvalue weighted by molar-refractivity contribution is -0.0496. The molecule has 4 nitrogen and oxygen atoms in total. The summed E-state index contributed by atoms with van der Waals surface area (Å²) in [5, 5.41) is 1.49. The molecule has 150 valence electrons. The van der Waals surface area contributed by atoms with Crippen LogP contribution in [0.2, 0.25) is 0 Å². The molecule has 0 aliphatic carbocycles. The molecular weight excluding hydrogens is 401 g/mol. The number of hydrogen-bond acceptors (Lipinski definition) is 4. The Morgan fingerprint density at radius 2 is 1.81 bits per heavy atom. The second kappa shape index (κ2) is 7.52.